The number of carbonyl (C=O) groups is 1. The maximum absolute atomic E-state index is 12.2. The van der Waals surface area contributed by atoms with Crippen molar-refractivity contribution in [1.29, 1.82) is 0 Å². The minimum absolute atomic E-state index is 0. The van der Waals surface area contributed by atoms with Crippen LogP contribution in [-0.4, -0.2) is 39.6 Å². The van der Waals surface area contributed by atoms with E-state index in [1.165, 1.54) is 0 Å². The van der Waals surface area contributed by atoms with E-state index in [9.17, 15) is 4.79 Å². The molecule has 0 saturated heterocycles. The van der Waals surface area contributed by atoms with Crippen LogP contribution in [0, 0.1) is 6.92 Å². The molecule has 0 aliphatic carbocycles. The number of benzene rings is 1. The lowest BCUT2D eigenvalue weighted by atomic mass is 10.2. The third-order valence-corrected chi connectivity index (χ3v) is 3.45. The molecule has 8 heteroatoms. The highest BCUT2D eigenvalue weighted by atomic mass is 35.5. The summed E-state index contributed by atoms with van der Waals surface area (Å²) in [6.07, 6.45) is 0.839. The number of aromatic nitrogens is 3. The van der Waals surface area contributed by atoms with E-state index in [2.05, 4.69) is 15.6 Å². The van der Waals surface area contributed by atoms with Crippen LogP contribution in [0.3, 0.4) is 0 Å². The van der Waals surface area contributed by atoms with Gasteiger partial charge in [-0.1, -0.05) is 5.21 Å². The van der Waals surface area contributed by atoms with E-state index in [1.807, 2.05) is 52.0 Å². The highest BCUT2D eigenvalue weighted by Crippen LogP contribution is 2.18. The quantitative estimate of drug-likeness (QED) is 0.782. The molecule has 1 amide bonds. The number of hydrogen-bond acceptors (Lipinski definition) is 5. The predicted octanol–water partition coefficient (Wildman–Crippen LogP) is 2.25. The van der Waals surface area contributed by atoms with Crippen molar-refractivity contribution < 1.29 is 9.53 Å². The molecule has 0 spiro atoms. The van der Waals surface area contributed by atoms with Crippen molar-refractivity contribution in [1.82, 2.24) is 20.3 Å². The summed E-state index contributed by atoms with van der Waals surface area (Å²) in [6, 6.07) is 7.57. The van der Waals surface area contributed by atoms with Crippen LogP contribution < -0.4 is 15.8 Å². The Hall–Kier alpha value is -2.12. The van der Waals surface area contributed by atoms with Crippen LogP contribution in [0.15, 0.2) is 24.3 Å². The van der Waals surface area contributed by atoms with Gasteiger partial charge in [0.25, 0.3) is 5.91 Å². The number of rotatable bonds is 7. The molecular formula is C17H26ClN5O2. The lowest BCUT2D eigenvalue weighted by Crippen LogP contribution is -2.29. The van der Waals surface area contributed by atoms with Gasteiger partial charge in [-0.3, -0.25) is 4.79 Å². The lowest BCUT2D eigenvalue weighted by Gasteiger charge is -2.10. The molecule has 0 aliphatic heterocycles. The molecule has 1 heterocycles. The van der Waals surface area contributed by atoms with Gasteiger partial charge in [0.05, 0.1) is 17.5 Å². The molecule has 3 N–H and O–H groups in total. The summed E-state index contributed by atoms with van der Waals surface area (Å²) in [6.45, 7) is 8.20. The molecule has 0 radical (unpaired) electrons. The fraction of sp³-hybridized carbons (Fsp3) is 0.471. The summed E-state index contributed by atoms with van der Waals surface area (Å²) in [4.78, 5) is 12.2. The average molecular weight is 368 g/mol. The van der Waals surface area contributed by atoms with Crippen LogP contribution in [0.2, 0.25) is 0 Å². The summed E-state index contributed by atoms with van der Waals surface area (Å²) < 4.78 is 7.26. The van der Waals surface area contributed by atoms with Gasteiger partial charge in [0.2, 0.25) is 0 Å². The van der Waals surface area contributed by atoms with E-state index in [1.54, 1.807) is 4.68 Å². The largest absolute Gasteiger partial charge is 0.491 e. The third-order valence-electron chi connectivity index (χ3n) is 3.45. The predicted molar refractivity (Wildman–Crippen MR) is 99.7 cm³/mol. The molecule has 0 saturated carbocycles. The summed E-state index contributed by atoms with van der Waals surface area (Å²) in [5, 5.41) is 10.9. The van der Waals surface area contributed by atoms with E-state index < -0.39 is 0 Å². The Labute approximate surface area is 154 Å². The van der Waals surface area contributed by atoms with Crippen molar-refractivity contribution >= 4 is 18.3 Å². The fourth-order valence-electron chi connectivity index (χ4n) is 2.22. The number of amides is 1. The van der Waals surface area contributed by atoms with E-state index in [4.69, 9.17) is 10.5 Å². The lowest BCUT2D eigenvalue weighted by molar-refractivity contribution is 0.0947. The topological polar surface area (TPSA) is 95.1 Å². The first-order chi connectivity index (χ1) is 11.4. The van der Waals surface area contributed by atoms with Crippen LogP contribution in [0.25, 0.3) is 5.69 Å². The Morgan fingerprint density at radius 3 is 2.48 bits per heavy atom. The van der Waals surface area contributed by atoms with Crippen LogP contribution >= 0.6 is 12.4 Å². The SMILES string of the molecule is Cc1c(C(=O)NCCC(C)N)nnn1-c1ccc(OC(C)C)cc1.Cl. The van der Waals surface area contributed by atoms with E-state index in [0.29, 0.717) is 17.9 Å². The highest BCUT2D eigenvalue weighted by molar-refractivity contribution is 5.93. The van der Waals surface area contributed by atoms with E-state index in [0.717, 1.165) is 17.9 Å². The molecule has 0 aliphatic rings. The van der Waals surface area contributed by atoms with Crippen molar-refractivity contribution in [3.05, 3.63) is 35.7 Å². The van der Waals surface area contributed by atoms with Gasteiger partial charge in [-0.05, 0) is 58.4 Å². The van der Waals surface area contributed by atoms with Crippen LogP contribution in [-0.2, 0) is 0 Å². The van der Waals surface area contributed by atoms with Gasteiger partial charge in [0.15, 0.2) is 5.69 Å². The Morgan fingerprint density at radius 1 is 1.28 bits per heavy atom. The molecule has 1 atom stereocenters. The van der Waals surface area contributed by atoms with Crippen molar-refractivity contribution in [3.63, 3.8) is 0 Å². The minimum Gasteiger partial charge on any atom is -0.491 e. The number of nitrogens with two attached hydrogens (primary N) is 1. The van der Waals surface area contributed by atoms with Crippen LogP contribution in [0.5, 0.6) is 5.75 Å². The van der Waals surface area contributed by atoms with Crippen LogP contribution in [0.1, 0.15) is 43.4 Å². The fourth-order valence-corrected chi connectivity index (χ4v) is 2.22. The van der Waals surface area contributed by atoms with Gasteiger partial charge in [-0.15, -0.1) is 17.5 Å². The number of carbonyl (C=O) groups excluding carboxylic acids is 1. The first-order valence-corrected chi connectivity index (χ1v) is 8.11. The molecule has 138 valence electrons. The highest BCUT2D eigenvalue weighted by Gasteiger charge is 2.17. The van der Waals surface area contributed by atoms with Crippen LogP contribution in [0.4, 0.5) is 0 Å². The van der Waals surface area contributed by atoms with Crippen molar-refractivity contribution in [2.45, 2.75) is 46.3 Å². The van der Waals surface area contributed by atoms with Gasteiger partial charge in [0.1, 0.15) is 5.75 Å². The van der Waals surface area contributed by atoms with Crippen molar-refractivity contribution in [3.8, 4) is 11.4 Å². The molecule has 0 fully saturated rings. The molecule has 1 unspecified atom stereocenters. The first kappa shape index (κ1) is 20.9. The van der Waals surface area contributed by atoms with Crippen molar-refractivity contribution in [2.75, 3.05) is 6.54 Å². The Morgan fingerprint density at radius 2 is 1.92 bits per heavy atom. The second-order valence-corrected chi connectivity index (χ2v) is 6.12. The van der Waals surface area contributed by atoms with Gasteiger partial charge in [-0.2, -0.15) is 0 Å². The third kappa shape index (κ3) is 5.72. The smallest absolute Gasteiger partial charge is 0.273 e. The Kier molecular flexibility index (Phi) is 7.86. The number of ether oxygens (including phenoxy) is 1. The monoisotopic (exact) mass is 367 g/mol. The summed E-state index contributed by atoms with van der Waals surface area (Å²) in [5.74, 6) is 0.555. The Balaban J connectivity index is 0.00000312. The molecular weight excluding hydrogens is 342 g/mol. The zero-order chi connectivity index (χ0) is 17.7. The zero-order valence-electron chi connectivity index (χ0n) is 15.0. The van der Waals surface area contributed by atoms with Gasteiger partial charge in [0, 0.05) is 12.6 Å². The zero-order valence-corrected chi connectivity index (χ0v) is 15.8. The molecule has 1 aromatic carbocycles. The van der Waals surface area contributed by atoms with Gasteiger partial charge in [-0.25, -0.2) is 4.68 Å². The maximum Gasteiger partial charge on any atom is 0.273 e. The number of nitrogens with one attached hydrogen (secondary N) is 1. The second-order valence-electron chi connectivity index (χ2n) is 6.12. The normalized spacial score (nSPS) is 11.8. The summed E-state index contributed by atoms with van der Waals surface area (Å²) in [5.41, 5.74) is 7.51. The summed E-state index contributed by atoms with van der Waals surface area (Å²) in [7, 11) is 0. The van der Waals surface area contributed by atoms with Crippen molar-refractivity contribution in [2.24, 2.45) is 5.73 Å². The number of halogens is 1. The average Bonchev–Trinajstić information content (AvgIpc) is 2.89. The molecule has 0 bridgehead atoms. The first-order valence-electron chi connectivity index (χ1n) is 8.11. The Bertz CT molecular complexity index is 683. The number of nitrogens with zero attached hydrogens (tertiary/aromatic N) is 3. The maximum atomic E-state index is 12.2. The molecule has 2 rings (SSSR count). The summed E-state index contributed by atoms with van der Waals surface area (Å²) >= 11 is 0. The number of hydrogen-bond donors (Lipinski definition) is 2. The standard InChI is InChI=1S/C17H25N5O2.ClH/c1-11(2)24-15-7-5-14(6-8-15)22-13(4)16(20-21-22)17(23)19-10-9-12(3)18;/h5-8,11-12H,9-10,18H2,1-4H3,(H,19,23);1H. The minimum atomic E-state index is -0.237. The van der Waals surface area contributed by atoms with E-state index >= 15 is 0 Å². The molecule has 25 heavy (non-hydrogen) atoms. The second kappa shape index (κ2) is 9.39. The molecule has 7 nitrogen and oxygen atoms in total. The van der Waals surface area contributed by atoms with Gasteiger partial charge >= 0.3 is 0 Å². The van der Waals surface area contributed by atoms with E-state index in [-0.39, 0.29) is 30.5 Å². The molecule has 1 aromatic heterocycles. The van der Waals surface area contributed by atoms with Gasteiger partial charge < -0.3 is 15.8 Å². The molecule has 2 aromatic rings.